The van der Waals surface area contributed by atoms with Crippen LogP contribution in [0.2, 0.25) is 5.02 Å². The molecule has 0 unspecified atom stereocenters. The maximum atomic E-state index is 13.8. The van der Waals surface area contributed by atoms with Gasteiger partial charge in [-0.3, -0.25) is 4.79 Å². The van der Waals surface area contributed by atoms with E-state index >= 15 is 0 Å². The lowest BCUT2D eigenvalue weighted by molar-refractivity contribution is 0.0760. The fraction of sp³-hybridized carbons (Fsp3) is 0.500. The molecule has 1 aromatic rings. The molecular weight excluding hydrogens is 347 g/mol. The first-order valence-corrected chi connectivity index (χ1v) is 8.93. The Balaban J connectivity index is 2.17. The number of hydrogen-bond donors (Lipinski definition) is 1. The summed E-state index contributed by atoms with van der Waals surface area (Å²) in [7, 11) is -0.706. The number of hydrogen-bond acceptors (Lipinski definition) is 4. The Bertz CT molecular complexity index is 690. The molecule has 1 aliphatic rings. The van der Waals surface area contributed by atoms with Crippen molar-refractivity contribution < 1.29 is 22.7 Å². The maximum Gasteiger partial charge on any atom is 0.258 e. The number of halogens is 2. The molecule has 0 spiro atoms. The number of benzene rings is 1. The first kappa shape index (κ1) is 18.1. The topological polar surface area (TPSA) is 77.9 Å². The number of aliphatic hydroxyl groups is 1. The smallest absolute Gasteiger partial charge is 0.258 e. The Labute approximate surface area is 139 Å². The maximum absolute atomic E-state index is 13.8. The molecule has 1 aliphatic heterocycles. The zero-order chi connectivity index (χ0) is 17.4. The van der Waals surface area contributed by atoms with Crippen molar-refractivity contribution in [3.05, 3.63) is 34.6 Å². The van der Waals surface area contributed by atoms with E-state index in [9.17, 15) is 22.7 Å². The highest BCUT2D eigenvalue weighted by molar-refractivity contribution is 7.89. The summed E-state index contributed by atoms with van der Waals surface area (Å²) in [5.74, 6) is -2.31. The lowest BCUT2D eigenvalue weighted by atomic mass is 10.1. The Morgan fingerprint density at radius 3 is 2.65 bits per heavy atom. The summed E-state index contributed by atoms with van der Waals surface area (Å²) in [6, 6.07) is 3.91. The van der Waals surface area contributed by atoms with Crippen LogP contribution in [0.4, 0.5) is 4.39 Å². The molecule has 0 saturated carbocycles. The minimum atomic E-state index is -3.51. The van der Waals surface area contributed by atoms with Gasteiger partial charge in [0.2, 0.25) is 10.0 Å². The van der Waals surface area contributed by atoms with E-state index in [0.717, 1.165) is 10.4 Å². The van der Waals surface area contributed by atoms with Gasteiger partial charge < -0.3 is 10.0 Å². The monoisotopic (exact) mass is 364 g/mol. The second kappa shape index (κ2) is 6.72. The Morgan fingerprint density at radius 1 is 1.43 bits per heavy atom. The van der Waals surface area contributed by atoms with Gasteiger partial charge in [0, 0.05) is 33.1 Å². The van der Waals surface area contributed by atoms with E-state index in [1.165, 1.54) is 31.1 Å². The number of amides is 1. The van der Waals surface area contributed by atoms with Gasteiger partial charge in [-0.1, -0.05) is 17.7 Å². The molecule has 1 saturated heterocycles. The standard InChI is InChI=1S/C14H18ClFN2O4S/c1-17(2)23(21,22)8-9-6-18(7-12(9)19)14(20)13-10(15)4-3-5-11(13)16/h3-5,9,12,19H,6-8H2,1-2H3/t9-,12+/m0/s1. The average Bonchev–Trinajstić information content (AvgIpc) is 2.79. The minimum Gasteiger partial charge on any atom is -0.391 e. The van der Waals surface area contributed by atoms with Crippen LogP contribution in [0.25, 0.3) is 0 Å². The summed E-state index contributed by atoms with van der Waals surface area (Å²) in [6.45, 7) is -0.0329. The molecule has 6 nitrogen and oxygen atoms in total. The molecule has 1 amide bonds. The predicted molar refractivity (Wildman–Crippen MR) is 84.3 cm³/mol. The molecule has 2 rings (SSSR count). The summed E-state index contributed by atoms with van der Waals surface area (Å²) in [5.41, 5.74) is -0.266. The molecule has 0 aromatic heterocycles. The van der Waals surface area contributed by atoms with Crippen molar-refractivity contribution in [2.24, 2.45) is 5.92 Å². The number of likely N-dealkylation sites (tertiary alicyclic amines) is 1. The predicted octanol–water partition coefficient (Wildman–Crippen LogP) is 0.803. The third kappa shape index (κ3) is 3.82. The van der Waals surface area contributed by atoms with Crippen LogP contribution in [0, 0.1) is 11.7 Å². The van der Waals surface area contributed by atoms with Gasteiger partial charge in [-0.25, -0.2) is 17.1 Å². The Kier molecular flexibility index (Phi) is 5.30. The fourth-order valence-electron chi connectivity index (χ4n) is 2.46. The van der Waals surface area contributed by atoms with E-state index in [1.807, 2.05) is 0 Å². The van der Waals surface area contributed by atoms with E-state index < -0.39 is 33.8 Å². The van der Waals surface area contributed by atoms with Crippen molar-refractivity contribution >= 4 is 27.5 Å². The highest BCUT2D eigenvalue weighted by Gasteiger charge is 2.38. The summed E-state index contributed by atoms with van der Waals surface area (Å²) >= 11 is 5.87. The zero-order valence-corrected chi connectivity index (χ0v) is 14.3. The molecule has 0 bridgehead atoms. The van der Waals surface area contributed by atoms with E-state index in [0.29, 0.717) is 0 Å². The minimum absolute atomic E-state index is 0.0196. The molecule has 1 aromatic carbocycles. The zero-order valence-electron chi connectivity index (χ0n) is 12.7. The molecular formula is C14H18ClFN2O4S. The van der Waals surface area contributed by atoms with Crippen molar-refractivity contribution in [1.29, 1.82) is 0 Å². The van der Waals surface area contributed by atoms with Crippen molar-refractivity contribution in [3.63, 3.8) is 0 Å². The third-order valence-corrected chi connectivity index (χ3v) is 6.13. The van der Waals surface area contributed by atoms with Crippen LogP contribution in [-0.2, 0) is 10.0 Å². The third-order valence-electron chi connectivity index (χ3n) is 3.85. The van der Waals surface area contributed by atoms with Gasteiger partial charge in [0.05, 0.1) is 22.4 Å². The van der Waals surface area contributed by atoms with E-state index in [1.54, 1.807) is 0 Å². The molecule has 128 valence electrons. The van der Waals surface area contributed by atoms with Crippen molar-refractivity contribution in [2.75, 3.05) is 32.9 Å². The second-order valence-electron chi connectivity index (χ2n) is 5.70. The number of sulfonamides is 1. The average molecular weight is 365 g/mol. The first-order chi connectivity index (χ1) is 10.6. The Hall–Kier alpha value is -1.22. The largest absolute Gasteiger partial charge is 0.391 e. The van der Waals surface area contributed by atoms with Gasteiger partial charge in [0.1, 0.15) is 5.82 Å². The van der Waals surface area contributed by atoms with E-state index in [4.69, 9.17) is 11.6 Å². The summed E-state index contributed by atoms with van der Waals surface area (Å²) in [5, 5.41) is 10.0. The van der Waals surface area contributed by atoms with Crippen LogP contribution in [0.15, 0.2) is 18.2 Å². The van der Waals surface area contributed by atoms with Crippen LogP contribution in [0.5, 0.6) is 0 Å². The van der Waals surface area contributed by atoms with Gasteiger partial charge in [-0.05, 0) is 12.1 Å². The van der Waals surface area contributed by atoms with Crippen molar-refractivity contribution in [2.45, 2.75) is 6.10 Å². The molecule has 2 atom stereocenters. The highest BCUT2D eigenvalue weighted by atomic mass is 35.5. The normalized spacial score (nSPS) is 21.9. The van der Waals surface area contributed by atoms with Crippen LogP contribution in [-0.4, -0.2) is 67.7 Å². The van der Waals surface area contributed by atoms with Crippen molar-refractivity contribution in [3.8, 4) is 0 Å². The quantitative estimate of drug-likeness (QED) is 0.857. The van der Waals surface area contributed by atoms with Crippen LogP contribution in [0.3, 0.4) is 0 Å². The van der Waals surface area contributed by atoms with Gasteiger partial charge in [0.25, 0.3) is 5.91 Å². The number of rotatable bonds is 4. The lowest BCUT2D eigenvalue weighted by Crippen LogP contribution is -2.33. The van der Waals surface area contributed by atoms with E-state index in [-0.39, 0.29) is 29.4 Å². The van der Waals surface area contributed by atoms with Crippen molar-refractivity contribution in [1.82, 2.24) is 9.21 Å². The van der Waals surface area contributed by atoms with Gasteiger partial charge in [-0.2, -0.15) is 0 Å². The van der Waals surface area contributed by atoms with Gasteiger partial charge in [0.15, 0.2) is 0 Å². The van der Waals surface area contributed by atoms with Crippen LogP contribution in [0.1, 0.15) is 10.4 Å². The molecule has 1 fully saturated rings. The Morgan fingerprint density at radius 2 is 2.09 bits per heavy atom. The molecule has 1 N–H and O–H groups in total. The summed E-state index contributed by atoms with van der Waals surface area (Å²) in [6.07, 6.45) is -0.987. The van der Waals surface area contributed by atoms with Crippen LogP contribution < -0.4 is 0 Å². The van der Waals surface area contributed by atoms with Crippen LogP contribution >= 0.6 is 11.6 Å². The highest BCUT2D eigenvalue weighted by Crippen LogP contribution is 2.26. The SMILES string of the molecule is CN(C)S(=O)(=O)C[C@@H]1CN(C(=O)c2c(F)cccc2Cl)C[C@H]1O. The summed E-state index contributed by atoms with van der Waals surface area (Å²) < 4.78 is 38.7. The summed E-state index contributed by atoms with van der Waals surface area (Å²) in [4.78, 5) is 13.6. The number of carbonyl (C=O) groups excluding carboxylic acids is 1. The number of aliphatic hydroxyl groups excluding tert-OH is 1. The number of carbonyl (C=O) groups is 1. The molecule has 0 radical (unpaired) electrons. The van der Waals surface area contributed by atoms with Gasteiger partial charge in [-0.15, -0.1) is 0 Å². The van der Waals surface area contributed by atoms with Gasteiger partial charge >= 0.3 is 0 Å². The second-order valence-corrected chi connectivity index (χ2v) is 8.33. The van der Waals surface area contributed by atoms with E-state index in [2.05, 4.69) is 0 Å². The number of nitrogens with zero attached hydrogens (tertiary/aromatic N) is 2. The number of β-amino-alcohol motifs (C(OH)–C–C–N with tert-alkyl or cyclic N) is 1. The first-order valence-electron chi connectivity index (χ1n) is 6.95. The molecule has 0 aliphatic carbocycles. The molecule has 1 heterocycles. The molecule has 9 heteroatoms. The lowest BCUT2D eigenvalue weighted by Gasteiger charge is -2.18. The fourth-order valence-corrected chi connectivity index (χ4v) is 3.87. The molecule has 23 heavy (non-hydrogen) atoms.